The number of phenols is 1. The fourth-order valence-electron chi connectivity index (χ4n) is 2.47. The van der Waals surface area contributed by atoms with Crippen molar-refractivity contribution >= 4 is 59.7 Å². The number of hydrazone groups is 1. The monoisotopic (exact) mass is 532 g/mol. The third-order valence-electron chi connectivity index (χ3n) is 3.90. The Bertz CT molecular complexity index is 962. The van der Waals surface area contributed by atoms with Gasteiger partial charge in [-0.25, -0.2) is 0 Å². The van der Waals surface area contributed by atoms with E-state index in [1.165, 1.54) is 10.5 Å². The molecule has 0 radical (unpaired) electrons. The molecule has 2 aromatic rings. The first-order chi connectivity index (χ1) is 13.3. The predicted molar refractivity (Wildman–Crippen MR) is 116 cm³/mol. The molecule has 28 heavy (non-hydrogen) atoms. The standard InChI is InChI=1S/C17H18Br2N4O4S/c18-13-9-12(17(24)16(19)10-13)11-20-21-14-1-3-15(4-2-14)22-28(25,26)23-5-7-27-8-6-23/h1-4,9-11,21-22,24H,5-8H2/b20-11+. The van der Waals surface area contributed by atoms with Crippen LogP contribution in [0.4, 0.5) is 11.4 Å². The van der Waals surface area contributed by atoms with Gasteiger partial charge in [-0.05, 0) is 52.3 Å². The minimum Gasteiger partial charge on any atom is -0.506 e. The lowest BCUT2D eigenvalue weighted by molar-refractivity contribution is 0.0733. The first-order valence-corrected chi connectivity index (χ1v) is 11.3. The van der Waals surface area contributed by atoms with Crippen LogP contribution in [0.25, 0.3) is 0 Å². The van der Waals surface area contributed by atoms with Crippen LogP contribution in [-0.2, 0) is 14.9 Å². The summed E-state index contributed by atoms with van der Waals surface area (Å²) in [6.07, 6.45) is 1.49. The van der Waals surface area contributed by atoms with Crippen molar-refractivity contribution < 1.29 is 18.3 Å². The molecule has 1 heterocycles. The van der Waals surface area contributed by atoms with E-state index in [0.717, 1.165) is 4.47 Å². The Morgan fingerprint density at radius 3 is 2.43 bits per heavy atom. The lowest BCUT2D eigenvalue weighted by atomic mass is 10.2. The van der Waals surface area contributed by atoms with Crippen molar-refractivity contribution in [2.24, 2.45) is 5.10 Å². The topological polar surface area (TPSA) is 103 Å². The maximum atomic E-state index is 12.3. The van der Waals surface area contributed by atoms with Crippen LogP contribution in [0, 0.1) is 0 Å². The SMILES string of the molecule is O=S(=O)(Nc1ccc(N/N=C/c2cc(Br)cc(Br)c2O)cc1)N1CCOCC1. The second-order valence-electron chi connectivity index (χ2n) is 5.89. The van der Waals surface area contributed by atoms with Crippen molar-refractivity contribution in [3.63, 3.8) is 0 Å². The van der Waals surface area contributed by atoms with E-state index in [-0.39, 0.29) is 5.75 Å². The average molecular weight is 534 g/mol. The highest BCUT2D eigenvalue weighted by Gasteiger charge is 2.23. The third-order valence-corrected chi connectivity index (χ3v) is 6.50. The van der Waals surface area contributed by atoms with Crippen LogP contribution in [0.3, 0.4) is 0 Å². The highest BCUT2D eigenvalue weighted by molar-refractivity contribution is 9.11. The van der Waals surface area contributed by atoms with E-state index >= 15 is 0 Å². The molecular weight excluding hydrogens is 516 g/mol. The Labute approximate surface area is 180 Å². The van der Waals surface area contributed by atoms with Gasteiger partial charge >= 0.3 is 10.2 Å². The van der Waals surface area contributed by atoms with Crippen molar-refractivity contribution in [2.45, 2.75) is 0 Å². The zero-order valence-electron chi connectivity index (χ0n) is 14.6. The van der Waals surface area contributed by atoms with Gasteiger partial charge in [0.2, 0.25) is 0 Å². The zero-order chi connectivity index (χ0) is 20.1. The molecule has 0 spiro atoms. The van der Waals surface area contributed by atoms with Gasteiger partial charge in [0, 0.05) is 28.8 Å². The molecule has 150 valence electrons. The minimum atomic E-state index is -3.60. The van der Waals surface area contributed by atoms with E-state index in [4.69, 9.17) is 4.74 Å². The molecule has 3 rings (SSSR count). The van der Waals surface area contributed by atoms with Crippen LogP contribution in [0.1, 0.15) is 5.56 Å². The van der Waals surface area contributed by atoms with Crippen molar-refractivity contribution in [2.75, 3.05) is 36.5 Å². The van der Waals surface area contributed by atoms with Crippen LogP contribution in [0.2, 0.25) is 0 Å². The van der Waals surface area contributed by atoms with Crippen LogP contribution in [0.15, 0.2) is 50.4 Å². The molecule has 8 nitrogen and oxygen atoms in total. The molecule has 0 amide bonds. The highest BCUT2D eigenvalue weighted by Crippen LogP contribution is 2.30. The number of aromatic hydroxyl groups is 1. The normalized spacial score (nSPS) is 15.6. The smallest absolute Gasteiger partial charge is 0.301 e. The lowest BCUT2D eigenvalue weighted by Gasteiger charge is -2.26. The summed E-state index contributed by atoms with van der Waals surface area (Å²) in [6, 6.07) is 10.1. The summed E-state index contributed by atoms with van der Waals surface area (Å²) < 4.78 is 35.1. The number of rotatable bonds is 6. The lowest BCUT2D eigenvalue weighted by Crippen LogP contribution is -2.43. The molecule has 0 unspecified atom stereocenters. The molecule has 3 N–H and O–H groups in total. The van der Waals surface area contributed by atoms with E-state index in [9.17, 15) is 13.5 Å². The average Bonchev–Trinajstić information content (AvgIpc) is 2.67. The molecule has 1 aliphatic rings. The number of nitrogens with zero attached hydrogens (tertiary/aromatic N) is 2. The molecule has 0 aliphatic carbocycles. The quantitative estimate of drug-likeness (QED) is 0.390. The summed E-state index contributed by atoms with van der Waals surface area (Å²) in [5.41, 5.74) is 4.49. The van der Waals surface area contributed by atoms with Gasteiger partial charge in [-0.15, -0.1) is 0 Å². The fraction of sp³-hybridized carbons (Fsp3) is 0.235. The van der Waals surface area contributed by atoms with Crippen LogP contribution in [-0.4, -0.2) is 50.3 Å². The second-order valence-corrected chi connectivity index (χ2v) is 9.33. The molecule has 1 fully saturated rings. The second kappa shape index (κ2) is 9.23. The van der Waals surface area contributed by atoms with Gasteiger partial charge in [0.15, 0.2) is 0 Å². The van der Waals surface area contributed by atoms with Crippen molar-refractivity contribution in [3.8, 4) is 5.75 Å². The van der Waals surface area contributed by atoms with Crippen molar-refractivity contribution in [3.05, 3.63) is 50.9 Å². The largest absolute Gasteiger partial charge is 0.506 e. The number of ether oxygens (including phenoxy) is 1. The summed E-state index contributed by atoms with van der Waals surface area (Å²) in [5.74, 6) is 0.0848. The third kappa shape index (κ3) is 5.45. The molecule has 0 atom stereocenters. The van der Waals surface area contributed by atoms with E-state index in [1.807, 2.05) is 0 Å². The summed E-state index contributed by atoms with van der Waals surface area (Å²) in [5, 5.41) is 14.1. The van der Waals surface area contributed by atoms with Gasteiger partial charge < -0.3 is 9.84 Å². The Balaban J connectivity index is 1.62. The minimum absolute atomic E-state index is 0.0848. The fourth-order valence-corrected chi connectivity index (χ4v) is 4.93. The maximum absolute atomic E-state index is 12.3. The van der Waals surface area contributed by atoms with Crippen LogP contribution in [0.5, 0.6) is 5.75 Å². The van der Waals surface area contributed by atoms with E-state index < -0.39 is 10.2 Å². The van der Waals surface area contributed by atoms with Gasteiger partial charge in [-0.2, -0.15) is 17.8 Å². The Kier molecular flexibility index (Phi) is 6.94. The number of hydrogen-bond donors (Lipinski definition) is 3. The number of hydrogen-bond acceptors (Lipinski definition) is 6. The van der Waals surface area contributed by atoms with Crippen molar-refractivity contribution in [1.29, 1.82) is 0 Å². The Hall–Kier alpha value is -1.66. The van der Waals surface area contributed by atoms with E-state index in [0.29, 0.717) is 47.7 Å². The highest BCUT2D eigenvalue weighted by atomic mass is 79.9. The van der Waals surface area contributed by atoms with Crippen LogP contribution >= 0.6 is 31.9 Å². The van der Waals surface area contributed by atoms with Gasteiger partial charge in [-0.1, -0.05) is 15.9 Å². The summed E-state index contributed by atoms with van der Waals surface area (Å²) in [6.45, 7) is 1.46. The maximum Gasteiger partial charge on any atom is 0.301 e. The number of morpholine rings is 1. The number of anilines is 2. The Morgan fingerprint density at radius 1 is 1.11 bits per heavy atom. The molecule has 11 heteroatoms. The number of phenolic OH excluding ortho intramolecular Hbond substituents is 1. The van der Waals surface area contributed by atoms with Gasteiger partial charge in [0.05, 0.1) is 29.6 Å². The first kappa shape index (κ1) is 21.1. The van der Waals surface area contributed by atoms with Crippen molar-refractivity contribution in [1.82, 2.24) is 4.31 Å². The Morgan fingerprint density at radius 2 is 1.75 bits per heavy atom. The molecule has 1 saturated heterocycles. The van der Waals surface area contributed by atoms with E-state index in [2.05, 4.69) is 47.1 Å². The summed E-state index contributed by atoms with van der Waals surface area (Å²) in [4.78, 5) is 0. The van der Waals surface area contributed by atoms with Gasteiger partial charge in [0.25, 0.3) is 0 Å². The molecule has 0 bridgehead atoms. The molecule has 2 aromatic carbocycles. The van der Waals surface area contributed by atoms with E-state index in [1.54, 1.807) is 36.4 Å². The van der Waals surface area contributed by atoms with Gasteiger partial charge in [0.1, 0.15) is 5.75 Å². The summed E-state index contributed by atoms with van der Waals surface area (Å²) >= 11 is 6.62. The number of benzene rings is 2. The first-order valence-electron chi connectivity index (χ1n) is 8.28. The molecule has 0 saturated carbocycles. The zero-order valence-corrected chi connectivity index (χ0v) is 18.6. The molecule has 0 aromatic heterocycles. The predicted octanol–water partition coefficient (Wildman–Crippen LogP) is 3.35. The molecular formula is C17H18Br2N4O4S. The van der Waals surface area contributed by atoms with Crippen LogP contribution < -0.4 is 10.1 Å². The number of halogens is 2. The summed E-state index contributed by atoms with van der Waals surface area (Å²) in [7, 11) is -3.60. The molecule has 1 aliphatic heterocycles. The number of nitrogens with one attached hydrogen (secondary N) is 2. The van der Waals surface area contributed by atoms with Gasteiger partial charge in [-0.3, -0.25) is 10.1 Å².